The Morgan fingerprint density at radius 2 is 1.71 bits per heavy atom. The van der Waals surface area contributed by atoms with E-state index in [-0.39, 0.29) is 36.8 Å². The lowest BCUT2D eigenvalue weighted by molar-refractivity contribution is 0.342. The van der Waals surface area contributed by atoms with Gasteiger partial charge in [-0.25, -0.2) is 0 Å². The number of hydrogen-bond donors (Lipinski definition) is 3. The Bertz CT molecular complexity index is 774. The van der Waals surface area contributed by atoms with Crippen molar-refractivity contribution in [3.05, 3.63) is 52.3 Å². The first kappa shape index (κ1) is 24.6. The van der Waals surface area contributed by atoms with E-state index in [9.17, 15) is 0 Å². The quantitative estimate of drug-likeness (QED) is 0.474. The number of nitrogens with zero attached hydrogens (tertiary/aromatic N) is 2. The number of aliphatic imine (C=N–C) groups is 1. The van der Waals surface area contributed by atoms with Crippen molar-refractivity contribution >= 4 is 42.4 Å². The van der Waals surface area contributed by atoms with Crippen molar-refractivity contribution in [3.63, 3.8) is 0 Å². The van der Waals surface area contributed by atoms with E-state index in [1.54, 1.807) is 0 Å². The average Bonchev–Trinajstić information content (AvgIpc) is 2.89. The van der Waals surface area contributed by atoms with E-state index in [0.29, 0.717) is 6.04 Å². The highest BCUT2D eigenvalue weighted by atomic mass is 35.5. The smallest absolute Gasteiger partial charge is 0.186 e. The van der Waals surface area contributed by atoms with Crippen LogP contribution in [0.3, 0.4) is 0 Å². The molecule has 0 aliphatic heterocycles. The minimum atomic E-state index is 0. The maximum absolute atomic E-state index is 6.02. The molecule has 1 fully saturated rings. The van der Waals surface area contributed by atoms with Gasteiger partial charge in [-0.05, 0) is 75.4 Å². The standard InChI is InChI=1S/C20H28ClN5.2ClH/c1-13-11-15(14(2)26(13)19-9-3-16(21)4-10-19)12-24-17-5-7-18(8-6-17)25-20(22)23;;/h3-4,9-11,17-18,24H,5-8,12H2,1-2H3,(H4,22,23,25);2*1H. The van der Waals surface area contributed by atoms with Gasteiger partial charge in [0.15, 0.2) is 5.96 Å². The molecule has 156 valence electrons. The maximum atomic E-state index is 6.02. The summed E-state index contributed by atoms with van der Waals surface area (Å²) in [6.45, 7) is 5.20. The van der Waals surface area contributed by atoms with Gasteiger partial charge in [0.2, 0.25) is 0 Å². The largest absolute Gasteiger partial charge is 0.370 e. The van der Waals surface area contributed by atoms with E-state index in [2.05, 4.69) is 46.9 Å². The third kappa shape index (κ3) is 6.05. The number of nitrogens with two attached hydrogens (primary N) is 2. The van der Waals surface area contributed by atoms with Gasteiger partial charge in [0.25, 0.3) is 0 Å². The normalized spacial score (nSPS) is 18.7. The van der Waals surface area contributed by atoms with Gasteiger partial charge in [0.05, 0.1) is 6.04 Å². The molecule has 1 aromatic heterocycles. The SMILES string of the molecule is Cc1cc(CNC2CCC(N=C(N)N)CC2)c(C)n1-c1ccc(Cl)cc1.Cl.Cl. The Hall–Kier alpha value is -1.40. The third-order valence-electron chi connectivity index (χ3n) is 5.23. The second kappa shape index (κ2) is 11.0. The summed E-state index contributed by atoms with van der Waals surface area (Å²) in [6.07, 6.45) is 4.30. The summed E-state index contributed by atoms with van der Waals surface area (Å²) in [5.74, 6) is 0.205. The summed E-state index contributed by atoms with van der Waals surface area (Å²) >= 11 is 6.02. The van der Waals surface area contributed by atoms with Crippen LogP contribution in [0.2, 0.25) is 5.02 Å². The molecule has 5 nitrogen and oxygen atoms in total. The number of nitrogens with one attached hydrogen (secondary N) is 1. The second-order valence-corrected chi connectivity index (χ2v) is 7.58. The first-order chi connectivity index (χ1) is 12.4. The summed E-state index contributed by atoms with van der Waals surface area (Å²) in [5.41, 5.74) is 16.0. The van der Waals surface area contributed by atoms with Crippen LogP contribution in [0, 0.1) is 13.8 Å². The van der Waals surface area contributed by atoms with Crippen molar-refractivity contribution in [2.24, 2.45) is 16.5 Å². The van der Waals surface area contributed by atoms with Crippen molar-refractivity contribution in [1.82, 2.24) is 9.88 Å². The third-order valence-corrected chi connectivity index (χ3v) is 5.48. The van der Waals surface area contributed by atoms with Crippen LogP contribution in [-0.2, 0) is 6.54 Å². The molecule has 0 atom stereocenters. The summed E-state index contributed by atoms with van der Waals surface area (Å²) in [7, 11) is 0. The van der Waals surface area contributed by atoms with Gasteiger partial charge >= 0.3 is 0 Å². The topological polar surface area (TPSA) is 81.4 Å². The molecule has 1 heterocycles. The fourth-order valence-corrected chi connectivity index (χ4v) is 4.00. The van der Waals surface area contributed by atoms with Crippen LogP contribution >= 0.6 is 36.4 Å². The van der Waals surface area contributed by atoms with Crippen LogP contribution in [0.4, 0.5) is 0 Å². The highest BCUT2D eigenvalue weighted by molar-refractivity contribution is 6.30. The molecule has 1 aromatic carbocycles. The Morgan fingerprint density at radius 1 is 1.11 bits per heavy atom. The van der Waals surface area contributed by atoms with Crippen molar-refractivity contribution < 1.29 is 0 Å². The fourth-order valence-electron chi connectivity index (χ4n) is 3.87. The Kier molecular flexibility index (Phi) is 9.64. The average molecular weight is 447 g/mol. The van der Waals surface area contributed by atoms with Crippen molar-refractivity contribution in [2.45, 2.75) is 58.2 Å². The molecule has 0 spiro atoms. The van der Waals surface area contributed by atoms with Crippen LogP contribution in [0.25, 0.3) is 5.69 Å². The Balaban J connectivity index is 0.00000196. The van der Waals surface area contributed by atoms with Crippen molar-refractivity contribution in [2.75, 3.05) is 0 Å². The molecule has 0 radical (unpaired) electrons. The molecule has 0 bridgehead atoms. The number of hydrogen-bond acceptors (Lipinski definition) is 2. The molecule has 0 saturated heterocycles. The molecule has 0 unspecified atom stereocenters. The molecule has 1 saturated carbocycles. The Labute approximate surface area is 184 Å². The fraction of sp³-hybridized carbons (Fsp3) is 0.450. The summed E-state index contributed by atoms with van der Waals surface area (Å²) in [4.78, 5) is 4.29. The first-order valence-corrected chi connectivity index (χ1v) is 9.57. The molecule has 1 aliphatic carbocycles. The zero-order valence-corrected chi connectivity index (χ0v) is 18.7. The molecular weight excluding hydrogens is 417 g/mol. The number of halogens is 3. The van der Waals surface area contributed by atoms with E-state index in [1.165, 1.54) is 17.0 Å². The van der Waals surface area contributed by atoms with Gasteiger partial charge in [-0.15, -0.1) is 24.8 Å². The summed E-state index contributed by atoms with van der Waals surface area (Å²) in [5, 5.41) is 4.47. The van der Waals surface area contributed by atoms with Crippen molar-refractivity contribution in [1.29, 1.82) is 0 Å². The van der Waals surface area contributed by atoms with Gasteiger partial charge in [0.1, 0.15) is 0 Å². The van der Waals surface area contributed by atoms with Gasteiger partial charge in [-0.2, -0.15) is 0 Å². The molecule has 28 heavy (non-hydrogen) atoms. The minimum absolute atomic E-state index is 0. The highest BCUT2D eigenvalue weighted by Gasteiger charge is 2.21. The second-order valence-electron chi connectivity index (χ2n) is 7.15. The summed E-state index contributed by atoms with van der Waals surface area (Å²) in [6, 6.07) is 11.1. The molecule has 8 heteroatoms. The number of aromatic nitrogens is 1. The lowest BCUT2D eigenvalue weighted by atomic mass is 9.91. The predicted molar refractivity (Wildman–Crippen MR) is 123 cm³/mol. The van der Waals surface area contributed by atoms with Crippen LogP contribution in [-0.4, -0.2) is 22.6 Å². The molecule has 2 aromatic rings. The lowest BCUT2D eigenvalue weighted by Gasteiger charge is -2.27. The van der Waals surface area contributed by atoms with Crippen LogP contribution in [0.1, 0.15) is 42.6 Å². The zero-order valence-electron chi connectivity index (χ0n) is 16.3. The summed E-state index contributed by atoms with van der Waals surface area (Å²) < 4.78 is 2.28. The molecule has 3 rings (SSSR count). The van der Waals surface area contributed by atoms with Gasteiger partial charge in [-0.3, -0.25) is 4.99 Å². The first-order valence-electron chi connectivity index (χ1n) is 9.20. The van der Waals surface area contributed by atoms with Gasteiger partial charge < -0.3 is 21.4 Å². The zero-order chi connectivity index (χ0) is 18.7. The number of benzene rings is 1. The minimum Gasteiger partial charge on any atom is -0.370 e. The Morgan fingerprint density at radius 3 is 2.29 bits per heavy atom. The molecule has 1 aliphatic rings. The van der Waals surface area contributed by atoms with Crippen LogP contribution in [0.15, 0.2) is 35.3 Å². The van der Waals surface area contributed by atoms with E-state index in [0.717, 1.165) is 42.9 Å². The van der Waals surface area contributed by atoms with E-state index in [1.807, 2.05) is 12.1 Å². The van der Waals surface area contributed by atoms with Crippen LogP contribution in [0.5, 0.6) is 0 Å². The molecule has 0 amide bonds. The number of aryl methyl sites for hydroxylation is 1. The molecule has 5 N–H and O–H groups in total. The highest BCUT2D eigenvalue weighted by Crippen LogP contribution is 2.24. The van der Waals surface area contributed by atoms with E-state index < -0.39 is 0 Å². The molecular formula is C20H30Cl3N5. The predicted octanol–water partition coefficient (Wildman–Crippen LogP) is 4.27. The maximum Gasteiger partial charge on any atom is 0.186 e. The van der Waals surface area contributed by atoms with Gasteiger partial charge in [-0.1, -0.05) is 11.6 Å². The van der Waals surface area contributed by atoms with Crippen molar-refractivity contribution in [3.8, 4) is 5.69 Å². The lowest BCUT2D eigenvalue weighted by Crippen LogP contribution is -2.35. The van der Waals surface area contributed by atoms with E-state index in [4.69, 9.17) is 23.1 Å². The van der Waals surface area contributed by atoms with Crippen LogP contribution < -0.4 is 16.8 Å². The van der Waals surface area contributed by atoms with Gasteiger partial charge in [0, 0.05) is 34.7 Å². The van der Waals surface area contributed by atoms with E-state index >= 15 is 0 Å². The number of rotatable bonds is 5. The monoisotopic (exact) mass is 445 g/mol. The number of guanidine groups is 1.